The minimum atomic E-state index is -1.14. The van der Waals surface area contributed by atoms with Crippen LogP contribution in [0.1, 0.15) is 87.0 Å². The van der Waals surface area contributed by atoms with Crippen LogP contribution in [0.3, 0.4) is 0 Å². The van der Waals surface area contributed by atoms with Crippen molar-refractivity contribution in [1.82, 2.24) is 0 Å². The third-order valence-corrected chi connectivity index (χ3v) is 13.7. The van der Waals surface area contributed by atoms with Gasteiger partial charge in [-0.25, -0.2) is 0 Å². The van der Waals surface area contributed by atoms with E-state index < -0.39 is 41.8 Å². The number of rotatable bonds is 10. The predicted octanol–water partition coefficient (Wildman–Crippen LogP) is 6.03. The molecule has 0 heterocycles. The number of halogens is 1. The molecular weight excluding hydrogens is 596 g/mol. The Morgan fingerprint density at radius 1 is 1.07 bits per heavy atom. The molecule has 248 valence electrons. The minimum Gasteiger partial charge on any atom is -0.464 e. The minimum absolute atomic E-state index is 0.0334. The van der Waals surface area contributed by atoms with Gasteiger partial charge < -0.3 is 14.2 Å². The largest absolute Gasteiger partial charge is 0.464 e. The molecule has 5 rings (SSSR count). The second-order valence-corrected chi connectivity index (χ2v) is 15.6. The summed E-state index contributed by atoms with van der Waals surface area (Å²) in [5.74, 6) is -2.54. The Bertz CT molecular complexity index is 1340. The molecule has 12 atom stereocenters. The number of Topliss-reactive ketones (excluding diaryl/α,β-unsaturated/α-hetero) is 1. The Morgan fingerprint density at radius 2 is 1.76 bits per heavy atom. The van der Waals surface area contributed by atoms with E-state index >= 15 is 0 Å². The van der Waals surface area contributed by atoms with Crippen LogP contribution in [0.2, 0.25) is 0 Å². The monoisotopic (exact) mass is 644 g/mol. The first-order chi connectivity index (χ1) is 21.0. The van der Waals surface area contributed by atoms with Crippen LogP contribution in [0, 0.1) is 57.2 Å². The van der Waals surface area contributed by atoms with Gasteiger partial charge in [0.15, 0.2) is 17.7 Å². The molecule has 4 saturated carbocycles. The standard InChI is InChI=1S/C36H49ClO8/c1-19(17-43-29(41)16-37)20(2)31(42)32(45-24(6)39)22(4)30-27(44-23(5)38)15-34(8)28-10-9-25-21(3)26(40)11-12-35(25)18-36(28,35)14-13-33(30,34)7/h11-12,19,21-22,25,27-28,30,32H,2,9-10,13-18H2,1,3-8H3. The van der Waals surface area contributed by atoms with E-state index in [0.717, 1.165) is 32.1 Å². The highest BCUT2D eigenvalue weighted by Gasteiger charge is 2.81. The smallest absolute Gasteiger partial charge is 0.320 e. The van der Waals surface area contributed by atoms with Crippen LogP contribution in [-0.2, 0) is 38.2 Å². The fourth-order valence-electron chi connectivity index (χ4n) is 11.2. The number of fused-ring (bicyclic) bond motifs is 2. The first-order valence-corrected chi connectivity index (χ1v) is 17.0. The van der Waals surface area contributed by atoms with Gasteiger partial charge in [0.2, 0.25) is 0 Å². The van der Waals surface area contributed by atoms with Crippen molar-refractivity contribution < 1.29 is 38.2 Å². The van der Waals surface area contributed by atoms with Crippen LogP contribution in [0.4, 0.5) is 0 Å². The van der Waals surface area contributed by atoms with Gasteiger partial charge >= 0.3 is 17.9 Å². The van der Waals surface area contributed by atoms with Crippen LogP contribution in [0.15, 0.2) is 24.3 Å². The summed E-state index contributed by atoms with van der Waals surface area (Å²) >= 11 is 5.55. The highest BCUT2D eigenvalue weighted by atomic mass is 35.5. The van der Waals surface area contributed by atoms with E-state index in [1.165, 1.54) is 13.8 Å². The van der Waals surface area contributed by atoms with Gasteiger partial charge in [0.05, 0.1) is 6.61 Å². The molecule has 45 heavy (non-hydrogen) atoms. The lowest BCUT2D eigenvalue weighted by molar-refractivity contribution is -0.166. The summed E-state index contributed by atoms with van der Waals surface area (Å²) in [6, 6.07) is 0. The Morgan fingerprint density at radius 3 is 2.38 bits per heavy atom. The van der Waals surface area contributed by atoms with Crippen molar-refractivity contribution in [3.8, 4) is 0 Å². The van der Waals surface area contributed by atoms with Crippen molar-refractivity contribution in [2.24, 2.45) is 57.2 Å². The van der Waals surface area contributed by atoms with Gasteiger partial charge in [-0.1, -0.05) is 47.3 Å². The fourth-order valence-corrected chi connectivity index (χ4v) is 11.3. The highest BCUT2D eigenvalue weighted by Crippen LogP contribution is 2.87. The Kier molecular flexibility index (Phi) is 8.76. The summed E-state index contributed by atoms with van der Waals surface area (Å²) in [4.78, 5) is 63.3. The Hall–Kier alpha value is -2.48. The number of hydrogen-bond donors (Lipinski definition) is 0. The molecule has 9 heteroatoms. The number of allylic oxidation sites excluding steroid dienone is 2. The van der Waals surface area contributed by atoms with Crippen molar-refractivity contribution in [3.05, 3.63) is 24.3 Å². The molecule has 12 unspecified atom stereocenters. The summed E-state index contributed by atoms with van der Waals surface area (Å²) in [5, 5.41) is 0. The normalized spacial score (nSPS) is 41.2. The van der Waals surface area contributed by atoms with Crippen LogP contribution >= 0.6 is 11.6 Å². The third kappa shape index (κ3) is 5.03. The van der Waals surface area contributed by atoms with E-state index in [2.05, 4.69) is 33.4 Å². The maximum atomic E-state index is 14.0. The van der Waals surface area contributed by atoms with Gasteiger partial charge in [0.1, 0.15) is 12.0 Å². The van der Waals surface area contributed by atoms with Gasteiger partial charge in [-0.05, 0) is 83.7 Å². The molecule has 0 saturated heterocycles. The van der Waals surface area contributed by atoms with Crippen LogP contribution in [0.25, 0.3) is 0 Å². The van der Waals surface area contributed by atoms with Gasteiger partial charge in [-0.3, -0.25) is 24.0 Å². The lowest BCUT2D eigenvalue weighted by Gasteiger charge is -2.61. The highest BCUT2D eigenvalue weighted by molar-refractivity contribution is 6.26. The van der Waals surface area contributed by atoms with Crippen molar-refractivity contribution in [2.75, 3.05) is 12.5 Å². The molecule has 0 bridgehead atoms. The molecule has 2 spiro atoms. The quantitative estimate of drug-likeness (QED) is 0.123. The van der Waals surface area contributed by atoms with Gasteiger partial charge in [-0.2, -0.15) is 0 Å². The summed E-state index contributed by atoms with van der Waals surface area (Å²) < 4.78 is 17.0. The van der Waals surface area contributed by atoms with E-state index in [0.29, 0.717) is 18.3 Å². The second-order valence-electron chi connectivity index (χ2n) is 15.3. The molecule has 0 aliphatic heterocycles. The third-order valence-electron chi connectivity index (χ3n) is 13.5. The number of carbonyl (C=O) groups is 5. The summed E-state index contributed by atoms with van der Waals surface area (Å²) in [6.07, 6.45) is 8.11. The zero-order chi connectivity index (χ0) is 33.3. The zero-order valence-corrected chi connectivity index (χ0v) is 28.5. The number of ketones is 2. The average molecular weight is 645 g/mol. The summed E-state index contributed by atoms with van der Waals surface area (Å²) in [6.45, 7) is 17.0. The number of esters is 3. The first-order valence-electron chi connectivity index (χ1n) is 16.5. The van der Waals surface area contributed by atoms with Crippen LogP contribution in [0.5, 0.6) is 0 Å². The molecule has 5 aliphatic rings. The Balaban J connectivity index is 1.48. The van der Waals surface area contributed by atoms with E-state index in [-0.39, 0.29) is 63.3 Å². The second kappa shape index (κ2) is 11.6. The SMILES string of the molecule is C=C(C(=O)C(OC(C)=O)C(C)C1C(OC(C)=O)CC2(C)C3CCC4C(C)C(=O)C=CC45CC35CCC12C)C(C)COC(=O)CCl. The molecule has 0 amide bonds. The van der Waals surface area contributed by atoms with Crippen molar-refractivity contribution in [3.63, 3.8) is 0 Å². The number of hydrogen-bond acceptors (Lipinski definition) is 8. The molecule has 0 radical (unpaired) electrons. The number of alkyl halides is 1. The zero-order valence-electron chi connectivity index (χ0n) is 27.8. The van der Waals surface area contributed by atoms with E-state index in [1.807, 2.05) is 13.0 Å². The van der Waals surface area contributed by atoms with E-state index in [4.69, 9.17) is 25.8 Å². The molecule has 0 N–H and O–H groups in total. The summed E-state index contributed by atoms with van der Waals surface area (Å²) in [5.41, 5.74) is -0.171. The lowest BCUT2D eigenvalue weighted by Crippen LogP contribution is -2.56. The molecule has 8 nitrogen and oxygen atoms in total. The maximum absolute atomic E-state index is 14.0. The molecular formula is C36H49ClO8. The number of ether oxygens (including phenoxy) is 3. The molecule has 5 aliphatic carbocycles. The van der Waals surface area contributed by atoms with Gasteiger partial charge in [0.25, 0.3) is 0 Å². The van der Waals surface area contributed by atoms with E-state index in [1.54, 1.807) is 6.92 Å². The molecule has 4 fully saturated rings. The lowest BCUT2D eigenvalue weighted by atomic mass is 9.43. The summed E-state index contributed by atoms with van der Waals surface area (Å²) in [7, 11) is 0. The van der Waals surface area contributed by atoms with Gasteiger partial charge in [-0.15, -0.1) is 11.6 Å². The van der Waals surface area contributed by atoms with Crippen molar-refractivity contribution in [2.45, 2.75) is 99.2 Å². The fraction of sp³-hybridized carbons (Fsp3) is 0.750. The topological polar surface area (TPSA) is 113 Å². The van der Waals surface area contributed by atoms with Crippen LogP contribution < -0.4 is 0 Å². The Labute approximate surface area is 272 Å². The average Bonchev–Trinajstić information content (AvgIpc) is 3.59. The van der Waals surface area contributed by atoms with Crippen molar-refractivity contribution >= 4 is 41.1 Å². The van der Waals surface area contributed by atoms with E-state index in [9.17, 15) is 24.0 Å². The van der Waals surface area contributed by atoms with Crippen molar-refractivity contribution in [1.29, 1.82) is 0 Å². The molecule has 0 aromatic rings. The first kappa shape index (κ1) is 33.9. The molecule has 0 aromatic heterocycles. The number of carbonyl (C=O) groups excluding carboxylic acids is 5. The predicted molar refractivity (Wildman–Crippen MR) is 168 cm³/mol. The van der Waals surface area contributed by atoms with Gasteiger partial charge in [0, 0.05) is 37.5 Å². The van der Waals surface area contributed by atoms with Crippen LogP contribution in [-0.4, -0.2) is 54.2 Å². The maximum Gasteiger partial charge on any atom is 0.320 e. The molecule has 0 aromatic carbocycles.